The van der Waals surface area contributed by atoms with Crippen LogP contribution in [-0.4, -0.2) is 9.97 Å². The summed E-state index contributed by atoms with van der Waals surface area (Å²) < 4.78 is 2.62. The summed E-state index contributed by atoms with van der Waals surface area (Å²) >= 11 is 1.87. The maximum atomic E-state index is 5.34. The molecule has 9 aromatic carbocycles. The second kappa shape index (κ2) is 14.8. The standard InChI is InChI=1S/C59H38N2S/c1-4-18-39(19-5-1)58-60-54(41-21-16-20-40(36-41)45-26-10-11-27-46(45)50-30-17-31-51-49-29-13-15-33-56(49)62-57(50)51)38-55(61-58)42-34-35-48-47-28-12-14-32-52(47)59(53(48)37-42,43-22-6-2-7-23-43)44-24-8-3-9-25-44/h1-38H. The van der Waals surface area contributed by atoms with Gasteiger partial charge in [0.05, 0.1) is 16.8 Å². The molecule has 62 heavy (non-hydrogen) atoms. The van der Waals surface area contributed by atoms with Gasteiger partial charge in [0.1, 0.15) is 0 Å². The second-order valence-corrected chi connectivity index (χ2v) is 17.1. The lowest BCUT2D eigenvalue weighted by Gasteiger charge is -2.34. The fourth-order valence-electron chi connectivity index (χ4n) is 9.84. The van der Waals surface area contributed by atoms with Crippen molar-refractivity contribution in [3.05, 3.63) is 253 Å². The van der Waals surface area contributed by atoms with Crippen molar-refractivity contribution < 1.29 is 0 Å². The summed E-state index contributed by atoms with van der Waals surface area (Å²) in [7, 11) is 0. The van der Waals surface area contributed by atoms with E-state index in [2.05, 4.69) is 224 Å². The van der Waals surface area contributed by atoms with E-state index in [-0.39, 0.29) is 0 Å². The molecule has 0 aliphatic heterocycles. The van der Waals surface area contributed by atoms with Crippen LogP contribution in [0.5, 0.6) is 0 Å². The molecular weight excluding hydrogens is 769 g/mol. The quantitative estimate of drug-likeness (QED) is 0.160. The maximum absolute atomic E-state index is 5.34. The van der Waals surface area contributed by atoms with E-state index in [9.17, 15) is 0 Å². The van der Waals surface area contributed by atoms with Gasteiger partial charge in [-0.2, -0.15) is 0 Å². The number of rotatable bonds is 7. The number of thiophene rings is 1. The highest BCUT2D eigenvalue weighted by atomic mass is 32.1. The Morgan fingerprint density at radius 2 is 0.855 bits per heavy atom. The Morgan fingerprint density at radius 3 is 1.61 bits per heavy atom. The molecular formula is C59H38N2S. The summed E-state index contributed by atoms with van der Waals surface area (Å²) in [4.78, 5) is 10.6. The number of fused-ring (bicyclic) bond motifs is 6. The SMILES string of the molecule is c1ccc(-c2nc(-c3cccc(-c4ccccc4-c4cccc5c4sc4ccccc45)c3)cc(-c3ccc4c(c3)C(c3ccccc3)(c3ccccc3)c3ccccc3-4)n2)cc1. The molecule has 0 fully saturated rings. The first-order valence-corrected chi connectivity index (χ1v) is 22.0. The number of aromatic nitrogens is 2. The number of nitrogens with zero attached hydrogens (tertiary/aromatic N) is 2. The van der Waals surface area contributed by atoms with Crippen LogP contribution in [0.3, 0.4) is 0 Å². The third-order valence-corrected chi connectivity index (χ3v) is 13.8. The van der Waals surface area contributed by atoms with Gasteiger partial charge in [-0.05, 0) is 74.3 Å². The van der Waals surface area contributed by atoms with Crippen molar-refractivity contribution in [2.45, 2.75) is 5.41 Å². The van der Waals surface area contributed by atoms with Crippen molar-refractivity contribution in [2.75, 3.05) is 0 Å². The summed E-state index contributed by atoms with van der Waals surface area (Å²) in [5.74, 6) is 0.696. The fraction of sp³-hybridized carbons (Fsp3) is 0.0169. The average molecular weight is 807 g/mol. The molecule has 2 nitrogen and oxygen atoms in total. The van der Waals surface area contributed by atoms with Crippen LogP contribution in [0.25, 0.3) is 87.5 Å². The van der Waals surface area contributed by atoms with E-state index in [0.717, 1.165) is 33.6 Å². The summed E-state index contributed by atoms with van der Waals surface area (Å²) in [5, 5.41) is 2.61. The highest BCUT2D eigenvalue weighted by Crippen LogP contribution is 2.56. The highest BCUT2D eigenvalue weighted by molar-refractivity contribution is 7.26. The molecule has 2 aromatic heterocycles. The van der Waals surface area contributed by atoms with E-state index in [1.54, 1.807) is 0 Å². The summed E-state index contributed by atoms with van der Waals surface area (Å²) in [6.45, 7) is 0. The van der Waals surface area contributed by atoms with E-state index in [1.807, 2.05) is 17.4 Å². The molecule has 290 valence electrons. The first kappa shape index (κ1) is 36.2. The second-order valence-electron chi connectivity index (χ2n) is 16.0. The summed E-state index contributed by atoms with van der Waals surface area (Å²) in [5.41, 5.74) is 16.6. The van der Waals surface area contributed by atoms with Gasteiger partial charge < -0.3 is 0 Å². The van der Waals surface area contributed by atoms with Crippen LogP contribution in [0, 0.1) is 0 Å². The molecule has 0 atom stereocenters. The molecule has 3 heteroatoms. The lowest BCUT2D eigenvalue weighted by atomic mass is 9.67. The lowest BCUT2D eigenvalue weighted by Crippen LogP contribution is -2.28. The van der Waals surface area contributed by atoms with Crippen LogP contribution in [0.4, 0.5) is 0 Å². The van der Waals surface area contributed by atoms with Crippen molar-refractivity contribution in [1.82, 2.24) is 9.97 Å². The molecule has 2 heterocycles. The van der Waals surface area contributed by atoms with E-state index < -0.39 is 5.41 Å². The van der Waals surface area contributed by atoms with Crippen LogP contribution >= 0.6 is 11.3 Å². The normalized spacial score (nSPS) is 12.6. The van der Waals surface area contributed by atoms with Gasteiger partial charge in [0.2, 0.25) is 0 Å². The third-order valence-electron chi connectivity index (χ3n) is 12.6. The maximum Gasteiger partial charge on any atom is 0.160 e. The monoisotopic (exact) mass is 806 g/mol. The molecule has 0 unspecified atom stereocenters. The predicted molar refractivity (Wildman–Crippen MR) is 259 cm³/mol. The molecule has 11 aromatic rings. The van der Waals surface area contributed by atoms with Gasteiger partial charge >= 0.3 is 0 Å². The number of hydrogen-bond donors (Lipinski definition) is 0. The van der Waals surface area contributed by atoms with Gasteiger partial charge in [-0.25, -0.2) is 9.97 Å². The zero-order chi connectivity index (χ0) is 41.0. The molecule has 1 aliphatic carbocycles. The molecule has 0 amide bonds. The molecule has 0 saturated heterocycles. The Labute approximate surface area is 365 Å². The van der Waals surface area contributed by atoms with Gasteiger partial charge in [-0.3, -0.25) is 0 Å². The Kier molecular flexibility index (Phi) is 8.62. The minimum absolute atomic E-state index is 0.509. The zero-order valence-electron chi connectivity index (χ0n) is 33.7. The van der Waals surface area contributed by atoms with Crippen LogP contribution in [-0.2, 0) is 5.41 Å². The van der Waals surface area contributed by atoms with Gasteiger partial charge in [0.25, 0.3) is 0 Å². The summed E-state index contributed by atoms with van der Waals surface area (Å²) in [6.07, 6.45) is 0. The summed E-state index contributed by atoms with van der Waals surface area (Å²) in [6, 6.07) is 83.4. The van der Waals surface area contributed by atoms with Gasteiger partial charge in [-0.1, -0.05) is 206 Å². The van der Waals surface area contributed by atoms with E-state index >= 15 is 0 Å². The van der Waals surface area contributed by atoms with Crippen LogP contribution in [0.2, 0.25) is 0 Å². The fourth-order valence-corrected chi connectivity index (χ4v) is 11.1. The van der Waals surface area contributed by atoms with Crippen LogP contribution in [0.1, 0.15) is 22.3 Å². The molecule has 1 aliphatic rings. The average Bonchev–Trinajstić information content (AvgIpc) is 3.89. The van der Waals surface area contributed by atoms with E-state index in [4.69, 9.17) is 9.97 Å². The van der Waals surface area contributed by atoms with Crippen molar-refractivity contribution in [2.24, 2.45) is 0 Å². The highest BCUT2D eigenvalue weighted by Gasteiger charge is 2.46. The molecule has 0 bridgehead atoms. The minimum Gasteiger partial charge on any atom is -0.228 e. The predicted octanol–water partition coefficient (Wildman–Crippen LogP) is 15.5. The van der Waals surface area contributed by atoms with Gasteiger partial charge in [-0.15, -0.1) is 11.3 Å². The molecule has 0 spiro atoms. The Bertz CT molecular complexity index is 3420. The Hall–Kier alpha value is -7.72. The Morgan fingerprint density at radius 1 is 0.323 bits per heavy atom. The van der Waals surface area contributed by atoms with Crippen molar-refractivity contribution in [1.29, 1.82) is 0 Å². The molecule has 12 rings (SSSR count). The molecule has 0 saturated carbocycles. The molecule has 0 radical (unpaired) electrons. The van der Waals surface area contributed by atoms with Crippen molar-refractivity contribution >= 4 is 31.5 Å². The third kappa shape index (κ3) is 5.78. The van der Waals surface area contributed by atoms with Crippen molar-refractivity contribution in [3.8, 4) is 67.3 Å². The van der Waals surface area contributed by atoms with Gasteiger partial charge in [0.15, 0.2) is 5.82 Å². The lowest BCUT2D eigenvalue weighted by molar-refractivity contribution is 0.768. The van der Waals surface area contributed by atoms with Gasteiger partial charge in [0, 0.05) is 42.4 Å². The van der Waals surface area contributed by atoms with E-state index in [0.29, 0.717) is 5.82 Å². The number of benzene rings is 9. The van der Waals surface area contributed by atoms with Crippen LogP contribution < -0.4 is 0 Å². The van der Waals surface area contributed by atoms with Crippen LogP contribution in [0.15, 0.2) is 231 Å². The zero-order valence-corrected chi connectivity index (χ0v) is 34.6. The Balaban J connectivity index is 1.03. The van der Waals surface area contributed by atoms with E-state index in [1.165, 1.54) is 70.2 Å². The molecule has 0 N–H and O–H groups in total. The largest absolute Gasteiger partial charge is 0.228 e. The first-order valence-electron chi connectivity index (χ1n) is 21.1. The minimum atomic E-state index is -0.509. The topological polar surface area (TPSA) is 25.8 Å². The number of hydrogen-bond acceptors (Lipinski definition) is 3. The van der Waals surface area contributed by atoms with Crippen molar-refractivity contribution in [3.63, 3.8) is 0 Å². The first-order chi connectivity index (χ1) is 30.7. The smallest absolute Gasteiger partial charge is 0.160 e.